The van der Waals surface area contributed by atoms with Crippen molar-refractivity contribution in [3.63, 3.8) is 0 Å². The van der Waals surface area contributed by atoms with E-state index in [9.17, 15) is 9.90 Å². The van der Waals surface area contributed by atoms with Crippen molar-refractivity contribution in [1.29, 1.82) is 0 Å². The van der Waals surface area contributed by atoms with Gasteiger partial charge in [-0.1, -0.05) is 66.7 Å². The molecule has 0 aromatic heterocycles. The summed E-state index contributed by atoms with van der Waals surface area (Å²) >= 11 is 0. The molecular formula is C27H32N2O3. The van der Waals surface area contributed by atoms with Gasteiger partial charge in [-0.2, -0.15) is 0 Å². The highest BCUT2D eigenvalue weighted by Crippen LogP contribution is 2.30. The van der Waals surface area contributed by atoms with Crippen LogP contribution in [-0.4, -0.2) is 28.5 Å². The Morgan fingerprint density at radius 3 is 2.19 bits per heavy atom. The van der Waals surface area contributed by atoms with Gasteiger partial charge in [-0.3, -0.25) is 9.69 Å². The number of hydrogen-bond acceptors (Lipinski definition) is 4. The number of aliphatic hydroxyl groups excluding tert-OH is 1. The Balaban J connectivity index is 1.74. The molecule has 0 radical (unpaired) electrons. The molecule has 1 amide bonds. The Hall–Kier alpha value is -3.15. The molecule has 2 N–H and O–H groups in total. The molecule has 0 aliphatic carbocycles. The summed E-state index contributed by atoms with van der Waals surface area (Å²) in [5, 5.41) is 13.7. The van der Waals surface area contributed by atoms with Crippen LogP contribution in [0.15, 0.2) is 78.9 Å². The molecule has 0 spiro atoms. The molecule has 168 valence electrons. The topological polar surface area (TPSA) is 61.8 Å². The first-order valence-electron chi connectivity index (χ1n) is 10.8. The summed E-state index contributed by atoms with van der Waals surface area (Å²) in [5.41, 5.74) is 3.37. The Labute approximate surface area is 190 Å². The first-order valence-corrected chi connectivity index (χ1v) is 10.8. The molecule has 0 saturated carbocycles. The minimum Gasteiger partial charge on any atom is -0.487 e. The van der Waals surface area contributed by atoms with E-state index in [1.165, 1.54) is 5.56 Å². The highest BCUT2D eigenvalue weighted by Gasteiger charge is 2.25. The van der Waals surface area contributed by atoms with Crippen molar-refractivity contribution in [3.05, 3.63) is 95.6 Å². The molecule has 32 heavy (non-hydrogen) atoms. The van der Waals surface area contributed by atoms with E-state index >= 15 is 0 Å². The summed E-state index contributed by atoms with van der Waals surface area (Å²) in [6, 6.07) is 25.5. The second kappa shape index (κ2) is 10.9. The predicted octanol–water partition coefficient (Wildman–Crippen LogP) is 5.17. The molecule has 0 heterocycles. The Bertz CT molecular complexity index is 985. The van der Waals surface area contributed by atoms with Crippen LogP contribution in [0.2, 0.25) is 0 Å². The minimum absolute atomic E-state index is 0.126. The number of ether oxygens (including phenoxy) is 1. The van der Waals surface area contributed by atoms with Crippen molar-refractivity contribution < 1.29 is 14.6 Å². The van der Waals surface area contributed by atoms with Crippen LogP contribution in [0.25, 0.3) is 0 Å². The lowest BCUT2D eigenvalue weighted by atomic mass is 10.0. The van der Waals surface area contributed by atoms with Gasteiger partial charge < -0.3 is 15.2 Å². The summed E-state index contributed by atoms with van der Waals surface area (Å²) < 4.78 is 5.91. The van der Waals surface area contributed by atoms with E-state index in [4.69, 9.17) is 4.74 Å². The van der Waals surface area contributed by atoms with Crippen LogP contribution in [0.4, 0.5) is 5.69 Å². The van der Waals surface area contributed by atoms with Gasteiger partial charge in [-0.05, 0) is 49.6 Å². The van der Waals surface area contributed by atoms with Gasteiger partial charge in [-0.15, -0.1) is 0 Å². The lowest BCUT2D eigenvalue weighted by Gasteiger charge is -2.37. The lowest BCUT2D eigenvalue weighted by molar-refractivity contribution is -0.105. The highest BCUT2D eigenvalue weighted by atomic mass is 16.5. The van der Waals surface area contributed by atoms with Gasteiger partial charge >= 0.3 is 0 Å². The smallest absolute Gasteiger partial charge is 0.211 e. The monoisotopic (exact) mass is 432 g/mol. The van der Waals surface area contributed by atoms with Gasteiger partial charge in [0.05, 0.1) is 11.8 Å². The van der Waals surface area contributed by atoms with Crippen LogP contribution in [-0.2, 0) is 17.9 Å². The number of amides is 1. The summed E-state index contributed by atoms with van der Waals surface area (Å²) in [7, 11) is 0. The molecule has 0 aliphatic heterocycles. The van der Waals surface area contributed by atoms with Crippen LogP contribution >= 0.6 is 0 Å². The fourth-order valence-corrected chi connectivity index (χ4v) is 3.49. The number of carbonyl (C=O) groups is 1. The summed E-state index contributed by atoms with van der Waals surface area (Å²) in [6.07, 6.45) is -0.0918. The standard InChI is InChI=1S/C27H32N2O3/c1-27(2,3)29(17-21-10-6-4-7-11-21)18-25(31)23-14-15-26(24(16-23)28-20-30)32-19-22-12-8-5-9-13-22/h4-16,20,25,31H,17-19H2,1-3H3,(H,28,30). The minimum atomic E-state index is -0.715. The number of nitrogens with zero attached hydrogens (tertiary/aromatic N) is 1. The third-order valence-corrected chi connectivity index (χ3v) is 5.40. The van der Waals surface area contributed by atoms with E-state index in [1.807, 2.05) is 54.6 Å². The van der Waals surface area contributed by atoms with E-state index in [1.54, 1.807) is 12.1 Å². The number of aliphatic hydroxyl groups is 1. The van der Waals surface area contributed by atoms with Crippen LogP contribution in [0.1, 0.15) is 43.6 Å². The van der Waals surface area contributed by atoms with E-state index < -0.39 is 6.10 Å². The number of benzene rings is 3. The zero-order valence-electron chi connectivity index (χ0n) is 19.0. The summed E-state index contributed by atoms with van der Waals surface area (Å²) in [5.74, 6) is 0.564. The molecule has 3 aromatic carbocycles. The number of hydrogen-bond donors (Lipinski definition) is 2. The van der Waals surface area contributed by atoms with Crippen molar-refractivity contribution >= 4 is 12.1 Å². The summed E-state index contributed by atoms with van der Waals surface area (Å²) in [4.78, 5) is 13.4. The van der Waals surface area contributed by atoms with Crippen LogP contribution in [0, 0.1) is 0 Å². The van der Waals surface area contributed by atoms with Gasteiger partial charge in [0.25, 0.3) is 0 Å². The molecule has 0 aliphatic rings. The van der Waals surface area contributed by atoms with Crippen molar-refractivity contribution in [1.82, 2.24) is 4.90 Å². The number of anilines is 1. The SMILES string of the molecule is CC(C)(C)N(Cc1ccccc1)CC(O)c1ccc(OCc2ccccc2)c(NC=O)c1. The third-order valence-electron chi connectivity index (χ3n) is 5.40. The third kappa shape index (κ3) is 6.67. The first-order chi connectivity index (χ1) is 15.4. The molecular weight excluding hydrogens is 400 g/mol. The molecule has 0 saturated heterocycles. The summed E-state index contributed by atoms with van der Waals surface area (Å²) in [6.45, 7) is 8.01. The molecule has 0 fully saturated rings. The molecule has 5 nitrogen and oxygen atoms in total. The Morgan fingerprint density at radius 2 is 1.59 bits per heavy atom. The van der Waals surface area contributed by atoms with Crippen LogP contribution < -0.4 is 10.1 Å². The van der Waals surface area contributed by atoms with Crippen molar-refractivity contribution in [2.75, 3.05) is 11.9 Å². The van der Waals surface area contributed by atoms with Gasteiger partial charge in [0.2, 0.25) is 6.41 Å². The number of nitrogens with one attached hydrogen (secondary N) is 1. The van der Waals surface area contributed by atoms with E-state index in [2.05, 4.69) is 43.1 Å². The quantitative estimate of drug-likeness (QED) is 0.434. The molecule has 3 rings (SSSR count). The largest absolute Gasteiger partial charge is 0.487 e. The van der Waals surface area contributed by atoms with E-state index in [-0.39, 0.29) is 5.54 Å². The molecule has 1 atom stereocenters. The van der Waals surface area contributed by atoms with Gasteiger partial charge in [0.15, 0.2) is 0 Å². The van der Waals surface area contributed by atoms with Crippen molar-refractivity contribution in [2.24, 2.45) is 0 Å². The molecule has 3 aromatic rings. The normalized spacial score (nSPS) is 12.4. The second-order valence-electron chi connectivity index (χ2n) is 8.84. The van der Waals surface area contributed by atoms with Gasteiger partial charge in [-0.25, -0.2) is 0 Å². The van der Waals surface area contributed by atoms with E-state index in [0.717, 1.165) is 17.7 Å². The highest BCUT2D eigenvalue weighted by molar-refractivity contribution is 5.76. The van der Waals surface area contributed by atoms with Crippen molar-refractivity contribution in [3.8, 4) is 5.75 Å². The first kappa shape index (κ1) is 23.5. The maximum Gasteiger partial charge on any atom is 0.211 e. The second-order valence-corrected chi connectivity index (χ2v) is 8.84. The maximum atomic E-state index is 11.2. The number of β-amino-alcohol motifs (C(OH)–C–C–N with tert-alkyl or cyclic N) is 1. The maximum absolute atomic E-state index is 11.2. The zero-order chi connectivity index (χ0) is 23.0. The van der Waals surface area contributed by atoms with E-state index in [0.29, 0.717) is 31.0 Å². The van der Waals surface area contributed by atoms with Crippen molar-refractivity contribution in [2.45, 2.75) is 45.6 Å². The zero-order valence-corrected chi connectivity index (χ0v) is 19.0. The molecule has 0 bridgehead atoms. The predicted molar refractivity (Wildman–Crippen MR) is 128 cm³/mol. The average molecular weight is 433 g/mol. The Kier molecular flexibility index (Phi) is 8.03. The average Bonchev–Trinajstić information content (AvgIpc) is 2.78. The molecule has 1 unspecified atom stereocenters. The van der Waals surface area contributed by atoms with Gasteiger partial charge in [0.1, 0.15) is 12.4 Å². The number of rotatable bonds is 10. The fraction of sp³-hybridized carbons (Fsp3) is 0.296. The number of carbonyl (C=O) groups excluding carboxylic acids is 1. The Morgan fingerprint density at radius 1 is 0.969 bits per heavy atom. The van der Waals surface area contributed by atoms with Gasteiger partial charge in [0, 0.05) is 18.6 Å². The molecule has 5 heteroatoms. The van der Waals surface area contributed by atoms with Crippen LogP contribution in [0.3, 0.4) is 0 Å². The lowest BCUT2D eigenvalue weighted by Crippen LogP contribution is -2.43. The fourth-order valence-electron chi connectivity index (χ4n) is 3.49. The van der Waals surface area contributed by atoms with Crippen LogP contribution in [0.5, 0.6) is 5.75 Å².